The molecule has 3 fully saturated rings. The Labute approximate surface area is 139 Å². The zero-order chi connectivity index (χ0) is 16.1. The standard InChI is InChI=1S/C18H30N2O3/c21-17(8-7-15-4-1-2-5-15)20-9-3-6-16(14-20)18(22)19-10-12-23-13-11-19/h15-16H,1-14H2. The van der Waals surface area contributed by atoms with E-state index in [1.54, 1.807) is 0 Å². The molecule has 0 aromatic rings. The van der Waals surface area contributed by atoms with Crippen LogP contribution in [0.3, 0.4) is 0 Å². The van der Waals surface area contributed by atoms with Crippen molar-refractivity contribution >= 4 is 11.8 Å². The summed E-state index contributed by atoms with van der Waals surface area (Å²) in [6, 6.07) is 0. The van der Waals surface area contributed by atoms with Crippen LogP contribution < -0.4 is 0 Å². The van der Waals surface area contributed by atoms with E-state index in [9.17, 15) is 9.59 Å². The van der Waals surface area contributed by atoms with Gasteiger partial charge in [-0.25, -0.2) is 0 Å². The van der Waals surface area contributed by atoms with Gasteiger partial charge in [0.25, 0.3) is 0 Å². The summed E-state index contributed by atoms with van der Waals surface area (Å²) in [5, 5.41) is 0. The van der Waals surface area contributed by atoms with E-state index in [-0.39, 0.29) is 17.7 Å². The van der Waals surface area contributed by atoms with Crippen LogP contribution in [0, 0.1) is 11.8 Å². The smallest absolute Gasteiger partial charge is 0.227 e. The van der Waals surface area contributed by atoms with Crippen LogP contribution in [0.2, 0.25) is 0 Å². The van der Waals surface area contributed by atoms with Crippen LogP contribution in [0.4, 0.5) is 0 Å². The highest BCUT2D eigenvalue weighted by Gasteiger charge is 2.31. The molecule has 130 valence electrons. The van der Waals surface area contributed by atoms with Crippen LogP contribution >= 0.6 is 0 Å². The Bertz CT molecular complexity index is 414. The molecule has 23 heavy (non-hydrogen) atoms. The molecule has 1 unspecified atom stereocenters. The van der Waals surface area contributed by atoms with Crippen LogP contribution in [-0.2, 0) is 14.3 Å². The third kappa shape index (κ3) is 4.46. The molecule has 0 aromatic carbocycles. The molecule has 1 atom stereocenters. The van der Waals surface area contributed by atoms with Crippen LogP contribution in [0.15, 0.2) is 0 Å². The van der Waals surface area contributed by atoms with E-state index >= 15 is 0 Å². The van der Waals surface area contributed by atoms with Gasteiger partial charge in [-0.15, -0.1) is 0 Å². The fourth-order valence-electron chi connectivity index (χ4n) is 4.23. The maximum Gasteiger partial charge on any atom is 0.227 e. The summed E-state index contributed by atoms with van der Waals surface area (Å²) in [7, 11) is 0. The van der Waals surface area contributed by atoms with E-state index in [4.69, 9.17) is 4.74 Å². The summed E-state index contributed by atoms with van der Waals surface area (Å²) in [5.41, 5.74) is 0. The van der Waals surface area contributed by atoms with E-state index < -0.39 is 0 Å². The molecule has 5 heteroatoms. The highest BCUT2D eigenvalue weighted by molar-refractivity contribution is 5.81. The number of piperidine rings is 1. The van der Waals surface area contributed by atoms with Crippen molar-refractivity contribution in [2.75, 3.05) is 39.4 Å². The Morgan fingerprint density at radius 1 is 0.913 bits per heavy atom. The molecule has 0 aromatic heterocycles. The van der Waals surface area contributed by atoms with Crippen molar-refractivity contribution in [1.29, 1.82) is 0 Å². The number of carbonyl (C=O) groups excluding carboxylic acids is 2. The molecular formula is C18H30N2O3. The Balaban J connectivity index is 1.46. The van der Waals surface area contributed by atoms with Gasteiger partial charge in [-0.1, -0.05) is 25.7 Å². The molecule has 1 saturated carbocycles. The fraction of sp³-hybridized carbons (Fsp3) is 0.889. The average molecular weight is 322 g/mol. The topological polar surface area (TPSA) is 49.9 Å². The minimum absolute atomic E-state index is 0.00252. The lowest BCUT2D eigenvalue weighted by Gasteiger charge is -2.36. The van der Waals surface area contributed by atoms with Gasteiger partial charge >= 0.3 is 0 Å². The Morgan fingerprint density at radius 3 is 2.39 bits per heavy atom. The maximum absolute atomic E-state index is 12.6. The lowest BCUT2D eigenvalue weighted by atomic mass is 9.95. The second-order valence-corrected chi connectivity index (χ2v) is 7.31. The average Bonchev–Trinajstić information content (AvgIpc) is 3.13. The van der Waals surface area contributed by atoms with E-state index in [0.717, 1.165) is 31.7 Å². The number of hydrogen-bond acceptors (Lipinski definition) is 3. The third-order valence-electron chi connectivity index (χ3n) is 5.69. The van der Waals surface area contributed by atoms with Crippen molar-refractivity contribution in [3.05, 3.63) is 0 Å². The van der Waals surface area contributed by atoms with Gasteiger partial charge in [-0.2, -0.15) is 0 Å². The Hall–Kier alpha value is -1.10. The van der Waals surface area contributed by atoms with Crippen molar-refractivity contribution in [3.8, 4) is 0 Å². The van der Waals surface area contributed by atoms with Gasteiger partial charge < -0.3 is 14.5 Å². The van der Waals surface area contributed by atoms with Crippen molar-refractivity contribution in [2.45, 2.75) is 51.4 Å². The van der Waals surface area contributed by atoms with Gasteiger partial charge in [0.2, 0.25) is 11.8 Å². The summed E-state index contributed by atoms with van der Waals surface area (Å²) in [4.78, 5) is 29.0. The summed E-state index contributed by atoms with van der Waals surface area (Å²) in [6.45, 7) is 4.14. The second kappa shape index (κ2) is 8.13. The maximum atomic E-state index is 12.6. The Morgan fingerprint density at radius 2 is 1.65 bits per heavy atom. The van der Waals surface area contributed by atoms with Gasteiger partial charge in [0.1, 0.15) is 0 Å². The van der Waals surface area contributed by atoms with Crippen molar-refractivity contribution < 1.29 is 14.3 Å². The lowest BCUT2D eigenvalue weighted by Crippen LogP contribution is -2.49. The minimum atomic E-state index is -0.00252. The van der Waals surface area contributed by atoms with Crippen molar-refractivity contribution in [1.82, 2.24) is 9.80 Å². The first kappa shape index (κ1) is 16.7. The highest BCUT2D eigenvalue weighted by atomic mass is 16.5. The molecule has 3 rings (SSSR count). The first-order valence-corrected chi connectivity index (χ1v) is 9.38. The number of likely N-dealkylation sites (tertiary alicyclic amines) is 1. The molecule has 0 radical (unpaired) electrons. The van der Waals surface area contributed by atoms with Gasteiger partial charge in [0.05, 0.1) is 19.1 Å². The number of carbonyl (C=O) groups is 2. The molecule has 3 aliphatic rings. The van der Waals surface area contributed by atoms with Crippen molar-refractivity contribution in [3.63, 3.8) is 0 Å². The van der Waals surface area contributed by atoms with Crippen molar-refractivity contribution in [2.24, 2.45) is 11.8 Å². The van der Waals surface area contributed by atoms with E-state index in [0.29, 0.717) is 39.3 Å². The molecule has 2 saturated heterocycles. The fourth-order valence-corrected chi connectivity index (χ4v) is 4.23. The predicted molar refractivity (Wildman–Crippen MR) is 87.9 cm³/mol. The molecular weight excluding hydrogens is 292 g/mol. The first-order chi connectivity index (χ1) is 11.2. The zero-order valence-electron chi connectivity index (χ0n) is 14.2. The molecule has 0 spiro atoms. The van der Waals surface area contributed by atoms with E-state index in [1.807, 2.05) is 9.80 Å². The third-order valence-corrected chi connectivity index (χ3v) is 5.69. The SMILES string of the molecule is O=C(CCC1CCCC1)N1CCCC(C(=O)N2CCOCC2)C1. The van der Waals surface area contributed by atoms with Crippen LogP contribution in [0.25, 0.3) is 0 Å². The zero-order valence-corrected chi connectivity index (χ0v) is 14.2. The molecule has 2 heterocycles. The quantitative estimate of drug-likeness (QED) is 0.796. The molecule has 0 N–H and O–H groups in total. The number of ether oxygens (including phenoxy) is 1. The van der Waals surface area contributed by atoms with Crippen LogP contribution in [-0.4, -0.2) is 61.0 Å². The molecule has 1 aliphatic carbocycles. The first-order valence-electron chi connectivity index (χ1n) is 9.38. The minimum Gasteiger partial charge on any atom is -0.378 e. The molecule has 0 bridgehead atoms. The molecule has 2 aliphatic heterocycles. The highest BCUT2D eigenvalue weighted by Crippen LogP contribution is 2.29. The van der Waals surface area contributed by atoms with Gasteiger partial charge in [-0.3, -0.25) is 9.59 Å². The number of amides is 2. The van der Waals surface area contributed by atoms with Crippen LogP contribution in [0.1, 0.15) is 51.4 Å². The van der Waals surface area contributed by atoms with Gasteiger partial charge in [-0.05, 0) is 25.2 Å². The summed E-state index contributed by atoms with van der Waals surface area (Å²) in [5.74, 6) is 1.24. The number of hydrogen-bond donors (Lipinski definition) is 0. The van der Waals surface area contributed by atoms with E-state index in [1.165, 1.54) is 25.7 Å². The number of rotatable bonds is 4. The largest absolute Gasteiger partial charge is 0.378 e. The lowest BCUT2D eigenvalue weighted by molar-refractivity contribution is -0.144. The number of nitrogens with zero attached hydrogens (tertiary/aromatic N) is 2. The van der Waals surface area contributed by atoms with Gasteiger partial charge in [0.15, 0.2) is 0 Å². The second-order valence-electron chi connectivity index (χ2n) is 7.31. The normalized spacial score (nSPS) is 26.5. The summed E-state index contributed by atoms with van der Waals surface area (Å²) >= 11 is 0. The molecule has 5 nitrogen and oxygen atoms in total. The monoisotopic (exact) mass is 322 g/mol. The van der Waals surface area contributed by atoms with E-state index in [2.05, 4.69) is 0 Å². The summed E-state index contributed by atoms with van der Waals surface area (Å²) < 4.78 is 5.32. The molecule has 2 amide bonds. The number of morpholine rings is 1. The van der Waals surface area contributed by atoms with Gasteiger partial charge in [0, 0.05) is 32.6 Å². The summed E-state index contributed by atoms with van der Waals surface area (Å²) in [6.07, 6.45) is 8.84. The predicted octanol–water partition coefficient (Wildman–Crippen LogP) is 2.05. The van der Waals surface area contributed by atoms with Crippen LogP contribution in [0.5, 0.6) is 0 Å². The Kier molecular flexibility index (Phi) is 5.92.